The lowest BCUT2D eigenvalue weighted by molar-refractivity contribution is 0.306. The molecule has 0 spiro atoms. The summed E-state index contributed by atoms with van der Waals surface area (Å²) in [6.45, 7) is 6.88. The van der Waals surface area contributed by atoms with Gasteiger partial charge < -0.3 is 9.05 Å². The Hall–Kier alpha value is -1.69. The summed E-state index contributed by atoms with van der Waals surface area (Å²) >= 11 is 0. The minimum atomic E-state index is 0.366. The van der Waals surface area contributed by atoms with Crippen molar-refractivity contribution in [2.75, 3.05) is 13.1 Å². The Labute approximate surface area is 123 Å². The van der Waals surface area contributed by atoms with E-state index < -0.39 is 0 Å². The number of aryl methyl sites for hydroxylation is 2. The van der Waals surface area contributed by atoms with Crippen LogP contribution >= 0.6 is 0 Å². The fourth-order valence-electron chi connectivity index (χ4n) is 3.05. The van der Waals surface area contributed by atoms with Crippen LogP contribution in [0.25, 0.3) is 0 Å². The monoisotopic (exact) mass is 288 g/mol. The highest BCUT2D eigenvalue weighted by Gasteiger charge is 2.33. The molecule has 6 nitrogen and oxygen atoms in total. The van der Waals surface area contributed by atoms with Crippen molar-refractivity contribution in [1.82, 2.24) is 20.2 Å². The van der Waals surface area contributed by atoms with E-state index in [2.05, 4.69) is 20.2 Å². The molecule has 0 unspecified atom stereocenters. The summed E-state index contributed by atoms with van der Waals surface area (Å²) in [6, 6.07) is 0. The molecule has 1 atom stereocenters. The number of hydrogen-bond acceptors (Lipinski definition) is 6. The van der Waals surface area contributed by atoms with E-state index in [0.29, 0.717) is 11.8 Å². The minimum Gasteiger partial charge on any atom is -0.361 e. The first kappa shape index (κ1) is 13.0. The van der Waals surface area contributed by atoms with Crippen LogP contribution in [0.1, 0.15) is 59.8 Å². The lowest BCUT2D eigenvalue weighted by Crippen LogP contribution is -2.20. The maximum atomic E-state index is 5.46. The van der Waals surface area contributed by atoms with Crippen molar-refractivity contribution in [3.63, 3.8) is 0 Å². The van der Waals surface area contributed by atoms with Crippen LogP contribution in [0, 0.1) is 13.8 Å². The molecule has 4 rings (SSSR count). The van der Waals surface area contributed by atoms with Gasteiger partial charge in [0.15, 0.2) is 5.82 Å². The molecule has 6 heteroatoms. The van der Waals surface area contributed by atoms with Crippen molar-refractivity contribution in [3.05, 3.63) is 28.7 Å². The van der Waals surface area contributed by atoms with Gasteiger partial charge in [0, 0.05) is 24.6 Å². The van der Waals surface area contributed by atoms with Crippen LogP contribution in [-0.4, -0.2) is 33.3 Å². The molecule has 0 amide bonds. The summed E-state index contributed by atoms with van der Waals surface area (Å²) in [5.74, 6) is 3.57. The van der Waals surface area contributed by atoms with Crippen LogP contribution in [0.3, 0.4) is 0 Å². The maximum absolute atomic E-state index is 5.46. The van der Waals surface area contributed by atoms with Gasteiger partial charge in [0.05, 0.1) is 11.6 Å². The highest BCUT2D eigenvalue weighted by atomic mass is 16.5. The SMILES string of the molecule is Cc1noc(C)c1CN1CC[C@@H](c2nc(C3CC3)no2)C1. The van der Waals surface area contributed by atoms with Gasteiger partial charge >= 0.3 is 0 Å². The van der Waals surface area contributed by atoms with Crippen molar-refractivity contribution in [1.29, 1.82) is 0 Å². The summed E-state index contributed by atoms with van der Waals surface area (Å²) in [5, 5.41) is 8.14. The molecule has 3 heterocycles. The van der Waals surface area contributed by atoms with E-state index in [1.165, 1.54) is 18.4 Å². The number of nitrogens with zero attached hydrogens (tertiary/aromatic N) is 4. The first-order chi connectivity index (χ1) is 10.2. The van der Waals surface area contributed by atoms with Crippen LogP contribution in [0.15, 0.2) is 9.05 Å². The van der Waals surface area contributed by atoms with Crippen LogP contribution < -0.4 is 0 Å². The Bertz CT molecular complexity index is 624. The molecule has 0 bridgehead atoms. The number of hydrogen-bond donors (Lipinski definition) is 0. The molecular formula is C15H20N4O2. The molecule has 112 valence electrons. The molecule has 2 aromatic rings. The van der Waals surface area contributed by atoms with Crippen molar-refractivity contribution in [2.45, 2.75) is 51.5 Å². The Balaban J connectivity index is 1.42. The van der Waals surface area contributed by atoms with Crippen LogP contribution in [0.2, 0.25) is 0 Å². The van der Waals surface area contributed by atoms with Crippen LogP contribution in [0.5, 0.6) is 0 Å². The van der Waals surface area contributed by atoms with Crippen molar-refractivity contribution >= 4 is 0 Å². The maximum Gasteiger partial charge on any atom is 0.231 e. The zero-order valence-electron chi connectivity index (χ0n) is 12.5. The van der Waals surface area contributed by atoms with Crippen molar-refractivity contribution in [2.24, 2.45) is 0 Å². The molecule has 0 radical (unpaired) electrons. The van der Waals surface area contributed by atoms with E-state index in [9.17, 15) is 0 Å². The first-order valence-corrected chi connectivity index (χ1v) is 7.68. The van der Waals surface area contributed by atoms with Gasteiger partial charge in [0.25, 0.3) is 0 Å². The van der Waals surface area contributed by atoms with Crippen molar-refractivity contribution < 1.29 is 9.05 Å². The zero-order chi connectivity index (χ0) is 14.4. The molecule has 2 aliphatic rings. The van der Waals surface area contributed by atoms with E-state index in [1.54, 1.807) is 0 Å². The molecule has 21 heavy (non-hydrogen) atoms. The third-order valence-corrected chi connectivity index (χ3v) is 4.58. The fourth-order valence-corrected chi connectivity index (χ4v) is 3.05. The standard InChI is InChI=1S/C15H20N4O2/c1-9-13(10(2)20-17-9)8-19-6-5-12(7-19)15-16-14(18-21-15)11-3-4-11/h11-12H,3-8H2,1-2H3/t12-/m1/s1. The quantitative estimate of drug-likeness (QED) is 0.861. The Morgan fingerprint density at radius 3 is 2.67 bits per heavy atom. The van der Waals surface area contributed by atoms with E-state index in [4.69, 9.17) is 9.05 Å². The van der Waals surface area contributed by atoms with Gasteiger partial charge in [-0.2, -0.15) is 4.98 Å². The van der Waals surface area contributed by atoms with Gasteiger partial charge in [0.2, 0.25) is 5.89 Å². The third-order valence-electron chi connectivity index (χ3n) is 4.58. The molecule has 1 saturated heterocycles. The van der Waals surface area contributed by atoms with Gasteiger partial charge in [-0.05, 0) is 39.7 Å². The molecule has 2 fully saturated rings. The molecule has 2 aromatic heterocycles. The predicted octanol–water partition coefficient (Wildman–Crippen LogP) is 2.54. The van der Waals surface area contributed by atoms with Gasteiger partial charge in [0.1, 0.15) is 5.76 Å². The van der Waals surface area contributed by atoms with Gasteiger partial charge in [-0.25, -0.2) is 0 Å². The van der Waals surface area contributed by atoms with E-state index in [0.717, 1.165) is 49.2 Å². The van der Waals surface area contributed by atoms with E-state index >= 15 is 0 Å². The normalized spacial score (nSPS) is 23.0. The van der Waals surface area contributed by atoms with Gasteiger partial charge in [-0.3, -0.25) is 4.90 Å². The Morgan fingerprint density at radius 1 is 1.10 bits per heavy atom. The van der Waals surface area contributed by atoms with Gasteiger partial charge in [-0.15, -0.1) is 0 Å². The molecule has 1 aliphatic carbocycles. The Morgan fingerprint density at radius 2 is 1.95 bits per heavy atom. The number of rotatable bonds is 4. The Kier molecular flexibility index (Phi) is 3.06. The predicted molar refractivity (Wildman–Crippen MR) is 74.9 cm³/mol. The summed E-state index contributed by atoms with van der Waals surface area (Å²) in [7, 11) is 0. The second-order valence-corrected chi connectivity index (χ2v) is 6.29. The van der Waals surface area contributed by atoms with Crippen LogP contribution in [-0.2, 0) is 6.54 Å². The minimum absolute atomic E-state index is 0.366. The second-order valence-electron chi connectivity index (χ2n) is 6.29. The lowest BCUT2D eigenvalue weighted by atomic mass is 10.1. The highest BCUT2D eigenvalue weighted by molar-refractivity contribution is 5.21. The third kappa shape index (κ3) is 2.48. The zero-order valence-corrected chi connectivity index (χ0v) is 12.5. The van der Waals surface area contributed by atoms with E-state index in [1.807, 2.05) is 13.8 Å². The van der Waals surface area contributed by atoms with Crippen molar-refractivity contribution in [3.8, 4) is 0 Å². The topological polar surface area (TPSA) is 68.2 Å². The average Bonchev–Trinajstić information content (AvgIpc) is 2.91. The highest BCUT2D eigenvalue weighted by Crippen LogP contribution is 2.39. The molecule has 1 aliphatic heterocycles. The van der Waals surface area contributed by atoms with E-state index in [-0.39, 0.29) is 0 Å². The molecule has 1 saturated carbocycles. The lowest BCUT2D eigenvalue weighted by Gasteiger charge is -2.14. The first-order valence-electron chi connectivity index (χ1n) is 7.68. The molecule has 0 aromatic carbocycles. The molecule has 0 N–H and O–H groups in total. The summed E-state index contributed by atoms with van der Waals surface area (Å²) in [5.41, 5.74) is 2.20. The average molecular weight is 288 g/mol. The molecular weight excluding hydrogens is 268 g/mol. The largest absolute Gasteiger partial charge is 0.361 e. The van der Waals surface area contributed by atoms with Gasteiger partial charge in [-0.1, -0.05) is 10.3 Å². The second kappa shape index (κ2) is 4.94. The number of likely N-dealkylation sites (tertiary alicyclic amines) is 1. The summed E-state index contributed by atoms with van der Waals surface area (Å²) < 4.78 is 10.7. The summed E-state index contributed by atoms with van der Waals surface area (Å²) in [6.07, 6.45) is 3.50. The fraction of sp³-hybridized carbons (Fsp3) is 0.667. The summed E-state index contributed by atoms with van der Waals surface area (Å²) in [4.78, 5) is 7.00. The smallest absolute Gasteiger partial charge is 0.231 e. The number of aromatic nitrogens is 3. The van der Waals surface area contributed by atoms with Crippen LogP contribution in [0.4, 0.5) is 0 Å².